The van der Waals surface area contributed by atoms with Gasteiger partial charge in [0, 0.05) is 22.5 Å². The first-order valence-electron chi connectivity index (χ1n) is 7.82. The molecule has 1 aliphatic carbocycles. The largest absolute Gasteiger partial charge is 0.352 e. The number of nitrogens with one attached hydrogen (secondary N) is 2. The van der Waals surface area contributed by atoms with Crippen molar-refractivity contribution in [2.75, 3.05) is 10.6 Å². The molecule has 0 aliphatic heterocycles. The van der Waals surface area contributed by atoms with Crippen LogP contribution in [0.2, 0.25) is 0 Å². The van der Waals surface area contributed by atoms with Crippen LogP contribution in [0.15, 0.2) is 34.8 Å². The van der Waals surface area contributed by atoms with Crippen LogP contribution in [-0.2, 0) is 0 Å². The lowest BCUT2D eigenvalue weighted by Crippen LogP contribution is -2.16. The van der Waals surface area contributed by atoms with E-state index >= 15 is 0 Å². The van der Waals surface area contributed by atoms with E-state index in [1.54, 1.807) is 0 Å². The maximum Gasteiger partial charge on any atom is 0.225 e. The van der Waals surface area contributed by atoms with Crippen molar-refractivity contribution < 1.29 is 0 Å². The molecule has 0 spiro atoms. The van der Waals surface area contributed by atoms with Gasteiger partial charge in [0.2, 0.25) is 5.95 Å². The van der Waals surface area contributed by atoms with Gasteiger partial charge in [-0.15, -0.1) is 0 Å². The van der Waals surface area contributed by atoms with Crippen molar-refractivity contribution in [3.05, 3.63) is 40.5 Å². The molecule has 0 radical (unpaired) electrons. The fourth-order valence-electron chi connectivity index (χ4n) is 2.21. The predicted octanol–water partition coefficient (Wildman–Crippen LogP) is 5.07. The highest BCUT2D eigenvalue weighted by Crippen LogP contribution is 2.40. The molecule has 22 heavy (non-hydrogen) atoms. The van der Waals surface area contributed by atoms with E-state index in [4.69, 9.17) is 0 Å². The second kappa shape index (κ2) is 6.65. The Hall–Kier alpha value is -1.62. The maximum atomic E-state index is 4.67. The molecule has 1 fully saturated rings. The van der Waals surface area contributed by atoms with Crippen LogP contribution in [-0.4, -0.2) is 16.0 Å². The number of nitrogens with zero attached hydrogens (tertiary/aromatic N) is 2. The molecule has 3 rings (SSSR count). The van der Waals surface area contributed by atoms with Gasteiger partial charge >= 0.3 is 0 Å². The van der Waals surface area contributed by atoms with Gasteiger partial charge in [-0.2, -0.15) is 4.98 Å². The molecule has 1 aromatic heterocycles. The average Bonchev–Trinajstić information content (AvgIpc) is 3.34. The topological polar surface area (TPSA) is 49.8 Å². The number of rotatable bonds is 6. The first-order chi connectivity index (χ1) is 10.7. The summed E-state index contributed by atoms with van der Waals surface area (Å²) >= 11 is 3.56. The van der Waals surface area contributed by atoms with Gasteiger partial charge in [-0.25, -0.2) is 4.98 Å². The van der Waals surface area contributed by atoms with Crippen LogP contribution in [0, 0.1) is 0 Å². The Morgan fingerprint density at radius 1 is 1.27 bits per heavy atom. The van der Waals surface area contributed by atoms with E-state index in [1.165, 1.54) is 12.8 Å². The van der Waals surface area contributed by atoms with E-state index < -0.39 is 0 Å². The fourth-order valence-corrected chi connectivity index (χ4v) is 2.59. The highest BCUT2D eigenvalue weighted by atomic mass is 79.9. The smallest absolute Gasteiger partial charge is 0.225 e. The van der Waals surface area contributed by atoms with Crippen molar-refractivity contribution >= 4 is 33.4 Å². The van der Waals surface area contributed by atoms with E-state index in [0.29, 0.717) is 17.9 Å². The summed E-state index contributed by atoms with van der Waals surface area (Å²) in [6, 6.07) is 10.5. The minimum atomic E-state index is 0.366. The zero-order valence-electron chi connectivity index (χ0n) is 12.9. The summed E-state index contributed by atoms with van der Waals surface area (Å²) in [4.78, 5) is 9.29. The molecule has 2 N–H and O–H groups in total. The predicted molar refractivity (Wildman–Crippen MR) is 94.8 cm³/mol. The molecule has 1 atom stereocenters. The van der Waals surface area contributed by atoms with Crippen LogP contribution in [0.3, 0.4) is 0 Å². The number of aromatic nitrogens is 2. The minimum absolute atomic E-state index is 0.366. The van der Waals surface area contributed by atoms with Gasteiger partial charge in [-0.3, -0.25) is 0 Å². The number of hydrogen-bond acceptors (Lipinski definition) is 4. The number of anilines is 3. The van der Waals surface area contributed by atoms with E-state index in [-0.39, 0.29) is 0 Å². The Bertz CT molecular complexity index is 655. The third-order valence-electron chi connectivity index (χ3n) is 3.87. The molecule has 4 nitrogen and oxygen atoms in total. The zero-order chi connectivity index (χ0) is 15.5. The van der Waals surface area contributed by atoms with Crippen LogP contribution in [0.1, 0.15) is 44.7 Å². The van der Waals surface area contributed by atoms with E-state index in [1.807, 2.05) is 24.3 Å². The number of hydrogen-bond donors (Lipinski definition) is 2. The van der Waals surface area contributed by atoms with Gasteiger partial charge in [0.1, 0.15) is 5.82 Å². The molecule has 0 saturated heterocycles. The van der Waals surface area contributed by atoms with Gasteiger partial charge in [-0.05, 0) is 54.2 Å². The van der Waals surface area contributed by atoms with Crippen molar-refractivity contribution in [3.8, 4) is 0 Å². The highest BCUT2D eigenvalue weighted by molar-refractivity contribution is 9.10. The molecule has 0 unspecified atom stereocenters. The molecule has 1 aromatic carbocycles. The van der Waals surface area contributed by atoms with Crippen LogP contribution in [0.4, 0.5) is 17.5 Å². The summed E-state index contributed by atoms with van der Waals surface area (Å²) in [5.74, 6) is 2.16. The Morgan fingerprint density at radius 3 is 2.73 bits per heavy atom. The number of para-hydroxylation sites is 1. The first kappa shape index (κ1) is 15.3. The highest BCUT2D eigenvalue weighted by Gasteiger charge is 2.26. The molecule has 0 bridgehead atoms. The SMILES string of the molecule is CC[C@@H](C)Nc1nc(Nc2ccccc2Br)cc(C2CC2)n1. The third kappa shape index (κ3) is 3.77. The van der Waals surface area contributed by atoms with Crippen molar-refractivity contribution in [2.45, 2.75) is 45.1 Å². The molecule has 5 heteroatoms. The summed E-state index contributed by atoms with van der Waals surface area (Å²) in [6.07, 6.45) is 3.51. The van der Waals surface area contributed by atoms with Gasteiger partial charge < -0.3 is 10.6 Å². The quantitative estimate of drug-likeness (QED) is 0.754. The van der Waals surface area contributed by atoms with Crippen molar-refractivity contribution in [1.29, 1.82) is 0 Å². The molecule has 2 aromatic rings. The molecule has 116 valence electrons. The van der Waals surface area contributed by atoms with Crippen molar-refractivity contribution in [1.82, 2.24) is 9.97 Å². The monoisotopic (exact) mass is 360 g/mol. The molecule has 1 heterocycles. The maximum absolute atomic E-state index is 4.67. The molecule has 1 aliphatic rings. The molecular formula is C17H21BrN4. The second-order valence-corrected chi connectivity index (χ2v) is 6.69. The molecule has 0 amide bonds. The van der Waals surface area contributed by atoms with Gasteiger partial charge in [0.25, 0.3) is 0 Å². The van der Waals surface area contributed by atoms with E-state index in [9.17, 15) is 0 Å². The Morgan fingerprint density at radius 2 is 2.05 bits per heavy atom. The van der Waals surface area contributed by atoms with Crippen LogP contribution >= 0.6 is 15.9 Å². The van der Waals surface area contributed by atoms with Crippen LogP contribution in [0.5, 0.6) is 0 Å². The molecular weight excluding hydrogens is 340 g/mol. The summed E-state index contributed by atoms with van der Waals surface area (Å²) in [5, 5.41) is 6.77. The Labute approximate surface area is 139 Å². The van der Waals surface area contributed by atoms with Crippen LogP contribution in [0.25, 0.3) is 0 Å². The lowest BCUT2D eigenvalue weighted by atomic mass is 10.2. The van der Waals surface area contributed by atoms with E-state index in [2.05, 4.69) is 56.4 Å². The zero-order valence-corrected chi connectivity index (χ0v) is 14.5. The van der Waals surface area contributed by atoms with Crippen molar-refractivity contribution in [3.63, 3.8) is 0 Å². The van der Waals surface area contributed by atoms with Gasteiger partial charge in [-0.1, -0.05) is 19.1 Å². The second-order valence-electron chi connectivity index (χ2n) is 5.83. The lowest BCUT2D eigenvalue weighted by molar-refractivity contribution is 0.750. The summed E-state index contributed by atoms with van der Waals surface area (Å²) in [7, 11) is 0. The normalized spacial score (nSPS) is 15.4. The number of halogens is 1. The minimum Gasteiger partial charge on any atom is -0.352 e. The number of benzene rings is 1. The van der Waals surface area contributed by atoms with Crippen molar-refractivity contribution in [2.24, 2.45) is 0 Å². The lowest BCUT2D eigenvalue weighted by Gasteiger charge is -2.15. The fraction of sp³-hybridized carbons (Fsp3) is 0.412. The third-order valence-corrected chi connectivity index (χ3v) is 4.56. The summed E-state index contributed by atoms with van der Waals surface area (Å²) < 4.78 is 1.03. The summed E-state index contributed by atoms with van der Waals surface area (Å²) in [5.41, 5.74) is 2.15. The Kier molecular flexibility index (Phi) is 4.62. The standard InChI is InChI=1S/C17H21BrN4/c1-3-11(2)19-17-21-15(12-8-9-12)10-16(22-17)20-14-7-5-4-6-13(14)18/h4-7,10-12H,3,8-9H2,1-2H3,(H2,19,20,21,22)/t11-/m1/s1. The Balaban J connectivity index is 1.87. The summed E-state index contributed by atoms with van der Waals surface area (Å²) in [6.45, 7) is 4.30. The van der Waals surface area contributed by atoms with E-state index in [0.717, 1.165) is 28.1 Å². The van der Waals surface area contributed by atoms with Gasteiger partial charge in [0.15, 0.2) is 0 Å². The first-order valence-corrected chi connectivity index (χ1v) is 8.62. The molecule has 1 saturated carbocycles. The van der Waals surface area contributed by atoms with Crippen LogP contribution < -0.4 is 10.6 Å². The average molecular weight is 361 g/mol. The van der Waals surface area contributed by atoms with Gasteiger partial charge in [0.05, 0.1) is 11.4 Å².